The van der Waals surface area contributed by atoms with Crippen LogP contribution in [-0.4, -0.2) is 32.0 Å². The van der Waals surface area contributed by atoms with Gasteiger partial charge in [0.05, 0.1) is 12.9 Å². The van der Waals surface area contributed by atoms with Gasteiger partial charge in [0.2, 0.25) is 0 Å². The summed E-state index contributed by atoms with van der Waals surface area (Å²) in [5, 5.41) is 2.43. The molecule has 0 bridgehead atoms. The van der Waals surface area contributed by atoms with E-state index in [1.165, 1.54) is 7.11 Å². The fraction of sp³-hybridized carbons (Fsp3) is 0.700. The number of alkyl carbamates (subject to hydrolysis) is 1. The number of methoxy groups -OCH3 is 1. The molecule has 0 saturated carbocycles. The van der Waals surface area contributed by atoms with Crippen molar-refractivity contribution in [3.63, 3.8) is 0 Å². The molecule has 0 saturated heterocycles. The second kappa shape index (κ2) is 6.40. The molecule has 0 spiro atoms. The van der Waals surface area contributed by atoms with Crippen LogP contribution in [0.1, 0.15) is 20.8 Å². The van der Waals surface area contributed by atoms with Crippen LogP contribution in [0.4, 0.5) is 9.18 Å². The van der Waals surface area contributed by atoms with Gasteiger partial charge in [-0.1, -0.05) is 0 Å². The Morgan fingerprint density at radius 3 is 2.47 bits per heavy atom. The third-order valence-corrected chi connectivity index (χ3v) is 1.34. The van der Waals surface area contributed by atoms with Gasteiger partial charge in [-0.15, -0.1) is 0 Å². The summed E-state index contributed by atoms with van der Waals surface area (Å²) in [7, 11) is 1.46. The van der Waals surface area contributed by atoms with Crippen molar-refractivity contribution in [2.45, 2.75) is 26.4 Å². The van der Waals surface area contributed by atoms with E-state index in [2.05, 4.69) is 5.32 Å². The molecule has 1 N–H and O–H groups in total. The van der Waals surface area contributed by atoms with Gasteiger partial charge >= 0.3 is 6.09 Å². The Morgan fingerprint density at radius 2 is 2.07 bits per heavy atom. The first-order chi connectivity index (χ1) is 6.89. The Hall–Kier alpha value is -1.10. The van der Waals surface area contributed by atoms with Crippen molar-refractivity contribution in [3.05, 3.63) is 11.9 Å². The van der Waals surface area contributed by atoms with Crippen LogP contribution in [0, 0.1) is 0 Å². The zero-order valence-electron chi connectivity index (χ0n) is 9.59. The summed E-state index contributed by atoms with van der Waals surface area (Å²) in [6, 6.07) is 0. The van der Waals surface area contributed by atoms with E-state index in [1.54, 1.807) is 20.8 Å². The third kappa shape index (κ3) is 7.93. The lowest BCUT2D eigenvalue weighted by atomic mass is 10.2. The summed E-state index contributed by atoms with van der Waals surface area (Å²) >= 11 is 0. The van der Waals surface area contributed by atoms with E-state index in [4.69, 9.17) is 9.47 Å². The van der Waals surface area contributed by atoms with Crippen LogP contribution in [0.2, 0.25) is 0 Å². The number of amides is 1. The number of hydrogen-bond donors (Lipinski definition) is 1. The maximum Gasteiger partial charge on any atom is 0.407 e. The van der Waals surface area contributed by atoms with Gasteiger partial charge in [0, 0.05) is 19.2 Å². The summed E-state index contributed by atoms with van der Waals surface area (Å²) in [6.07, 6.45) is -0.154. The number of carbonyl (C=O) groups is 1. The van der Waals surface area contributed by atoms with Gasteiger partial charge in [-0.25, -0.2) is 9.18 Å². The van der Waals surface area contributed by atoms with Crippen molar-refractivity contribution in [3.8, 4) is 0 Å². The molecule has 0 unspecified atom stereocenters. The van der Waals surface area contributed by atoms with E-state index in [9.17, 15) is 9.18 Å². The standard InChI is InChI=1S/C10H18FNO3/c1-10(2,3)15-9(13)12-6-8(5-11)7-14-4/h5H,6-7H2,1-4H3,(H,12,13)/b8-5+. The highest BCUT2D eigenvalue weighted by molar-refractivity contribution is 5.68. The lowest BCUT2D eigenvalue weighted by Crippen LogP contribution is -2.33. The summed E-state index contributed by atoms with van der Waals surface area (Å²) < 4.78 is 21.9. The molecule has 0 fully saturated rings. The van der Waals surface area contributed by atoms with Crippen molar-refractivity contribution in [1.29, 1.82) is 0 Å². The highest BCUT2D eigenvalue weighted by Gasteiger charge is 2.15. The minimum Gasteiger partial charge on any atom is -0.444 e. The van der Waals surface area contributed by atoms with Crippen LogP contribution in [-0.2, 0) is 9.47 Å². The van der Waals surface area contributed by atoms with E-state index in [-0.39, 0.29) is 13.2 Å². The monoisotopic (exact) mass is 219 g/mol. The van der Waals surface area contributed by atoms with Crippen LogP contribution >= 0.6 is 0 Å². The molecule has 0 atom stereocenters. The van der Waals surface area contributed by atoms with Crippen LogP contribution in [0.3, 0.4) is 0 Å². The zero-order chi connectivity index (χ0) is 11.9. The van der Waals surface area contributed by atoms with Crippen LogP contribution in [0.5, 0.6) is 0 Å². The molecule has 15 heavy (non-hydrogen) atoms. The Labute approximate surface area is 89.4 Å². The van der Waals surface area contributed by atoms with Crippen molar-refractivity contribution >= 4 is 6.09 Å². The van der Waals surface area contributed by atoms with Gasteiger partial charge in [0.15, 0.2) is 0 Å². The highest BCUT2D eigenvalue weighted by Crippen LogP contribution is 2.06. The van der Waals surface area contributed by atoms with Crippen LogP contribution in [0.15, 0.2) is 11.9 Å². The Balaban J connectivity index is 3.90. The van der Waals surface area contributed by atoms with Gasteiger partial charge in [-0.2, -0.15) is 0 Å². The Kier molecular flexibility index (Phi) is 5.93. The summed E-state index contributed by atoms with van der Waals surface area (Å²) in [5.74, 6) is 0. The number of carbonyl (C=O) groups excluding carboxylic acids is 1. The number of ether oxygens (including phenoxy) is 2. The normalized spacial score (nSPS) is 12.5. The van der Waals surface area contributed by atoms with Gasteiger partial charge in [-0.05, 0) is 20.8 Å². The number of rotatable bonds is 4. The van der Waals surface area contributed by atoms with Crippen molar-refractivity contribution < 1.29 is 18.7 Å². The van der Waals surface area contributed by atoms with Gasteiger partial charge in [0.25, 0.3) is 0 Å². The predicted molar refractivity (Wildman–Crippen MR) is 55.3 cm³/mol. The average molecular weight is 219 g/mol. The summed E-state index contributed by atoms with van der Waals surface area (Å²) in [4.78, 5) is 11.2. The fourth-order valence-corrected chi connectivity index (χ4v) is 0.806. The first-order valence-electron chi connectivity index (χ1n) is 4.63. The highest BCUT2D eigenvalue weighted by atomic mass is 19.1. The molecular formula is C10H18FNO3. The van der Waals surface area contributed by atoms with Crippen LogP contribution in [0.25, 0.3) is 0 Å². The molecule has 0 radical (unpaired) electrons. The van der Waals surface area contributed by atoms with E-state index in [0.717, 1.165) is 0 Å². The van der Waals surface area contributed by atoms with Crippen molar-refractivity contribution in [1.82, 2.24) is 5.32 Å². The predicted octanol–water partition coefficient (Wildman–Crippen LogP) is 2.01. The molecule has 4 nitrogen and oxygen atoms in total. The van der Waals surface area contributed by atoms with E-state index < -0.39 is 11.7 Å². The minimum absolute atomic E-state index is 0.0826. The second-order valence-corrected chi connectivity index (χ2v) is 4.06. The average Bonchev–Trinajstić information content (AvgIpc) is 2.09. The van der Waals surface area contributed by atoms with Crippen LogP contribution < -0.4 is 5.32 Å². The molecule has 0 heterocycles. The Bertz CT molecular complexity index is 233. The fourth-order valence-electron chi connectivity index (χ4n) is 0.806. The van der Waals surface area contributed by atoms with Crippen molar-refractivity contribution in [2.24, 2.45) is 0 Å². The molecule has 0 aromatic rings. The summed E-state index contributed by atoms with van der Waals surface area (Å²) in [5.41, 5.74) is -0.200. The number of hydrogen-bond acceptors (Lipinski definition) is 3. The maximum absolute atomic E-state index is 12.2. The topological polar surface area (TPSA) is 47.6 Å². The number of halogens is 1. The van der Waals surface area contributed by atoms with Gasteiger partial charge in [-0.3, -0.25) is 0 Å². The lowest BCUT2D eigenvalue weighted by molar-refractivity contribution is 0.0531. The molecule has 88 valence electrons. The minimum atomic E-state index is -0.571. The molecule has 0 aliphatic heterocycles. The molecule has 0 aromatic carbocycles. The van der Waals surface area contributed by atoms with Gasteiger partial charge in [0.1, 0.15) is 5.60 Å². The molecular weight excluding hydrogens is 201 g/mol. The lowest BCUT2D eigenvalue weighted by Gasteiger charge is -2.19. The second-order valence-electron chi connectivity index (χ2n) is 4.06. The maximum atomic E-state index is 12.2. The van der Waals surface area contributed by atoms with E-state index in [0.29, 0.717) is 11.9 Å². The quantitative estimate of drug-likeness (QED) is 0.786. The molecule has 0 aliphatic rings. The molecule has 1 amide bonds. The molecule has 0 rings (SSSR count). The molecule has 0 aromatic heterocycles. The smallest absolute Gasteiger partial charge is 0.407 e. The first-order valence-corrected chi connectivity index (χ1v) is 4.63. The van der Waals surface area contributed by atoms with E-state index in [1.807, 2.05) is 0 Å². The zero-order valence-corrected chi connectivity index (χ0v) is 9.59. The summed E-state index contributed by atoms with van der Waals surface area (Å²) in [6.45, 7) is 5.50. The van der Waals surface area contributed by atoms with E-state index >= 15 is 0 Å². The number of nitrogens with one attached hydrogen (secondary N) is 1. The molecule has 5 heteroatoms. The van der Waals surface area contributed by atoms with Gasteiger partial charge < -0.3 is 14.8 Å². The largest absolute Gasteiger partial charge is 0.444 e. The Morgan fingerprint density at radius 1 is 1.47 bits per heavy atom. The first kappa shape index (κ1) is 13.9. The SMILES string of the molecule is COC/C(=C/F)CNC(=O)OC(C)(C)C. The molecule has 0 aliphatic carbocycles. The van der Waals surface area contributed by atoms with Crippen molar-refractivity contribution in [2.75, 3.05) is 20.3 Å². The third-order valence-electron chi connectivity index (χ3n) is 1.34.